The number of carboxylic acid groups (broad SMARTS) is 1. The minimum Gasteiger partial charge on any atom is -0.478 e. The molecule has 0 heterocycles. The normalized spacial score (nSPS) is 10.5. The van der Waals surface area contributed by atoms with E-state index in [2.05, 4.69) is 13.8 Å². The molecule has 1 N–H and O–H groups in total. The third-order valence-electron chi connectivity index (χ3n) is 2.86. The van der Waals surface area contributed by atoms with Crippen molar-refractivity contribution in [3.05, 3.63) is 59.7 Å². The van der Waals surface area contributed by atoms with Crippen LogP contribution in [0.25, 0.3) is 0 Å². The molecule has 0 fully saturated rings. The Morgan fingerprint density at radius 3 is 2.32 bits per heavy atom. The lowest BCUT2D eigenvalue weighted by Gasteiger charge is -2.09. The maximum Gasteiger partial charge on any atom is 0.335 e. The fraction of sp³-hybridized carbons (Fsp3) is 0.188. The second kappa shape index (κ2) is 5.57. The van der Waals surface area contributed by atoms with E-state index in [1.807, 2.05) is 24.3 Å². The van der Waals surface area contributed by atoms with Gasteiger partial charge in [0.2, 0.25) is 0 Å². The largest absolute Gasteiger partial charge is 0.478 e. The lowest BCUT2D eigenvalue weighted by molar-refractivity contribution is 0.0696. The molecule has 0 atom stereocenters. The molecular weight excluding hydrogens is 240 g/mol. The summed E-state index contributed by atoms with van der Waals surface area (Å²) in [6.45, 7) is 4.26. The number of carbonyl (C=O) groups is 1. The van der Waals surface area contributed by atoms with Gasteiger partial charge in [0.15, 0.2) is 0 Å². The third kappa shape index (κ3) is 3.35. The van der Waals surface area contributed by atoms with E-state index in [1.54, 1.807) is 12.1 Å². The fourth-order valence-electron chi connectivity index (χ4n) is 1.75. The van der Waals surface area contributed by atoms with Crippen LogP contribution in [0.5, 0.6) is 11.5 Å². The Balaban J connectivity index is 2.16. The van der Waals surface area contributed by atoms with Crippen molar-refractivity contribution in [1.82, 2.24) is 0 Å². The summed E-state index contributed by atoms with van der Waals surface area (Å²) in [7, 11) is 0. The molecule has 0 aliphatic heterocycles. The summed E-state index contributed by atoms with van der Waals surface area (Å²) in [6.07, 6.45) is 0. The molecule has 3 nitrogen and oxygen atoms in total. The molecule has 0 spiro atoms. The van der Waals surface area contributed by atoms with Crippen LogP contribution in [-0.2, 0) is 0 Å². The molecule has 2 aromatic carbocycles. The topological polar surface area (TPSA) is 46.5 Å². The van der Waals surface area contributed by atoms with Gasteiger partial charge in [-0.05, 0) is 41.8 Å². The molecule has 3 heteroatoms. The summed E-state index contributed by atoms with van der Waals surface area (Å²) in [5.74, 6) is 0.745. The standard InChI is InChI=1S/C16H16O3/c1-11(2)12-6-8-14(9-7-12)19-15-5-3-4-13(10-15)16(17)18/h3-11H,1-2H3,(H,17,18). The van der Waals surface area contributed by atoms with Crippen molar-refractivity contribution in [2.45, 2.75) is 19.8 Å². The van der Waals surface area contributed by atoms with Crippen LogP contribution < -0.4 is 4.74 Å². The smallest absolute Gasteiger partial charge is 0.335 e. The first-order valence-corrected chi connectivity index (χ1v) is 6.17. The second-order valence-corrected chi connectivity index (χ2v) is 4.66. The number of rotatable bonds is 4. The van der Waals surface area contributed by atoms with Crippen molar-refractivity contribution in [1.29, 1.82) is 0 Å². The second-order valence-electron chi connectivity index (χ2n) is 4.66. The lowest BCUT2D eigenvalue weighted by Crippen LogP contribution is -1.96. The number of hydrogen-bond donors (Lipinski definition) is 1. The maximum absolute atomic E-state index is 10.9. The lowest BCUT2D eigenvalue weighted by atomic mass is 10.0. The van der Waals surface area contributed by atoms with E-state index in [-0.39, 0.29) is 5.56 Å². The summed E-state index contributed by atoms with van der Waals surface area (Å²) in [6, 6.07) is 14.3. The van der Waals surface area contributed by atoms with Crippen molar-refractivity contribution >= 4 is 5.97 Å². The first-order valence-electron chi connectivity index (χ1n) is 6.17. The summed E-state index contributed by atoms with van der Waals surface area (Å²) < 4.78 is 5.64. The molecule has 0 aromatic heterocycles. The Hall–Kier alpha value is -2.29. The molecule has 19 heavy (non-hydrogen) atoms. The Labute approximate surface area is 112 Å². The van der Waals surface area contributed by atoms with Crippen LogP contribution in [0.2, 0.25) is 0 Å². The van der Waals surface area contributed by atoms with E-state index < -0.39 is 5.97 Å². The molecule has 0 amide bonds. The minimum absolute atomic E-state index is 0.219. The third-order valence-corrected chi connectivity index (χ3v) is 2.86. The van der Waals surface area contributed by atoms with Crippen molar-refractivity contribution < 1.29 is 14.6 Å². The molecular formula is C16H16O3. The Kier molecular flexibility index (Phi) is 3.85. The fourth-order valence-corrected chi connectivity index (χ4v) is 1.75. The molecule has 2 rings (SSSR count). The molecule has 0 aliphatic carbocycles. The predicted molar refractivity (Wildman–Crippen MR) is 74.0 cm³/mol. The van der Waals surface area contributed by atoms with Gasteiger partial charge in [-0.25, -0.2) is 4.79 Å². The van der Waals surface area contributed by atoms with Gasteiger partial charge in [-0.1, -0.05) is 32.0 Å². The average Bonchev–Trinajstić information content (AvgIpc) is 2.39. The van der Waals surface area contributed by atoms with Gasteiger partial charge in [-0.3, -0.25) is 0 Å². The van der Waals surface area contributed by atoms with Gasteiger partial charge in [0.05, 0.1) is 5.56 Å². The van der Waals surface area contributed by atoms with Gasteiger partial charge in [0, 0.05) is 0 Å². The summed E-state index contributed by atoms with van der Waals surface area (Å²) >= 11 is 0. The number of aromatic carboxylic acids is 1. The van der Waals surface area contributed by atoms with E-state index in [4.69, 9.17) is 9.84 Å². The Bertz CT molecular complexity index is 571. The minimum atomic E-state index is -0.958. The zero-order valence-corrected chi connectivity index (χ0v) is 11.0. The van der Waals surface area contributed by atoms with Crippen molar-refractivity contribution in [3.8, 4) is 11.5 Å². The van der Waals surface area contributed by atoms with Crippen LogP contribution in [0.4, 0.5) is 0 Å². The van der Waals surface area contributed by atoms with Crippen LogP contribution in [0.3, 0.4) is 0 Å². The van der Waals surface area contributed by atoms with Gasteiger partial charge in [-0.15, -0.1) is 0 Å². The number of benzene rings is 2. The highest BCUT2D eigenvalue weighted by molar-refractivity contribution is 5.88. The van der Waals surface area contributed by atoms with Gasteiger partial charge in [-0.2, -0.15) is 0 Å². The van der Waals surface area contributed by atoms with E-state index in [9.17, 15) is 4.79 Å². The highest BCUT2D eigenvalue weighted by Crippen LogP contribution is 2.24. The quantitative estimate of drug-likeness (QED) is 0.887. The van der Waals surface area contributed by atoms with Crippen LogP contribution in [-0.4, -0.2) is 11.1 Å². The van der Waals surface area contributed by atoms with E-state index >= 15 is 0 Å². The predicted octanol–water partition coefficient (Wildman–Crippen LogP) is 4.30. The van der Waals surface area contributed by atoms with Crippen LogP contribution in [0.1, 0.15) is 35.7 Å². The van der Waals surface area contributed by atoms with Crippen molar-refractivity contribution in [2.24, 2.45) is 0 Å². The van der Waals surface area contributed by atoms with E-state index in [1.165, 1.54) is 17.7 Å². The zero-order chi connectivity index (χ0) is 13.8. The molecule has 0 aliphatic rings. The van der Waals surface area contributed by atoms with Crippen LogP contribution in [0.15, 0.2) is 48.5 Å². The van der Waals surface area contributed by atoms with Crippen molar-refractivity contribution in [3.63, 3.8) is 0 Å². The van der Waals surface area contributed by atoms with Gasteiger partial charge in [0.1, 0.15) is 11.5 Å². The van der Waals surface area contributed by atoms with Crippen LogP contribution in [0, 0.1) is 0 Å². The molecule has 98 valence electrons. The monoisotopic (exact) mass is 256 g/mol. The zero-order valence-electron chi connectivity index (χ0n) is 11.0. The summed E-state index contributed by atoms with van der Waals surface area (Å²) in [5, 5.41) is 8.92. The van der Waals surface area contributed by atoms with Crippen LogP contribution >= 0.6 is 0 Å². The molecule has 2 aromatic rings. The Morgan fingerprint density at radius 1 is 1.05 bits per heavy atom. The van der Waals surface area contributed by atoms with E-state index in [0.29, 0.717) is 17.4 Å². The molecule has 0 saturated carbocycles. The SMILES string of the molecule is CC(C)c1ccc(Oc2cccc(C(=O)O)c2)cc1. The molecule has 0 saturated heterocycles. The molecule has 0 radical (unpaired) electrons. The highest BCUT2D eigenvalue weighted by Gasteiger charge is 2.05. The number of carboxylic acids is 1. The van der Waals surface area contributed by atoms with Gasteiger partial charge < -0.3 is 9.84 Å². The van der Waals surface area contributed by atoms with Gasteiger partial charge in [0.25, 0.3) is 0 Å². The van der Waals surface area contributed by atoms with E-state index in [0.717, 1.165) is 0 Å². The first kappa shape index (κ1) is 13.1. The maximum atomic E-state index is 10.9. The summed E-state index contributed by atoms with van der Waals surface area (Å²) in [4.78, 5) is 10.9. The number of ether oxygens (including phenoxy) is 1. The number of hydrogen-bond acceptors (Lipinski definition) is 2. The molecule has 0 bridgehead atoms. The summed E-state index contributed by atoms with van der Waals surface area (Å²) in [5.41, 5.74) is 1.46. The Morgan fingerprint density at radius 2 is 1.74 bits per heavy atom. The van der Waals surface area contributed by atoms with Crippen molar-refractivity contribution in [2.75, 3.05) is 0 Å². The van der Waals surface area contributed by atoms with Gasteiger partial charge >= 0.3 is 5.97 Å². The first-order chi connectivity index (χ1) is 9.06. The average molecular weight is 256 g/mol. The highest BCUT2D eigenvalue weighted by atomic mass is 16.5. The molecule has 0 unspecified atom stereocenters.